The van der Waals surface area contributed by atoms with Gasteiger partial charge in [-0.3, -0.25) is 0 Å². The third kappa shape index (κ3) is 2.07. The van der Waals surface area contributed by atoms with Crippen molar-refractivity contribution in [2.24, 2.45) is 0 Å². The van der Waals surface area contributed by atoms with Gasteiger partial charge in [-0.25, -0.2) is 9.78 Å². The number of nitrogens with one attached hydrogen (secondary N) is 1. The lowest BCUT2D eigenvalue weighted by molar-refractivity contribution is 0.236. The smallest absolute Gasteiger partial charge is 0.329 e. The molecule has 2 heterocycles. The van der Waals surface area contributed by atoms with Gasteiger partial charge in [0.2, 0.25) is 0 Å². The van der Waals surface area contributed by atoms with E-state index in [0.29, 0.717) is 5.65 Å². The first-order chi connectivity index (χ1) is 10.3. The molecule has 2 aromatic heterocycles. The number of rotatable bonds is 1. The van der Waals surface area contributed by atoms with Gasteiger partial charge in [-0.1, -0.05) is 24.3 Å². The molecule has 0 unspecified atom stereocenters. The molecule has 21 heavy (non-hydrogen) atoms. The zero-order chi connectivity index (χ0) is 14.2. The van der Waals surface area contributed by atoms with E-state index in [4.69, 9.17) is 0 Å². The summed E-state index contributed by atoms with van der Waals surface area (Å²) in [5.74, 6) is 0. The van der Waals surface area contributed by atoms with Gasteiger partial charge in [0.15, 0.2) is 5.65 Å². The number of amides is 1. The highest BCUT2D eigenvalue weighted by molar-refractivity contribution is 5.82. The van der Waals surface area contributed by atoms with Gasteiger partial charge in [0.25, 0.3) is 0 Å². The lowest BCUT2D eigenvalue weighted by Crippen LogP contribution is -2.31. The number of nitrogens with zero attached hydrogens (tertiary/aromatic N) is 3. The van der Waals surface area contributed by atoms with Crippen molar-refractivity contribution in [2.45, 2.75) is 18.9 Å². The van der Waals surface area contributed by atoms with Crippen molar-refractivity contribution in [3.63, 3.8) is 0 Å². The summed E-state index contributed by atoms with van der Waals surface area (Å²) in [7, 11) is 0. The summed E-state index contributed by atoms with van der Waals surface area (Å²) in [6, 6.07) is 11.8. The summed E-state index contributed by atoms with van der Waals surface area (Å²) in [5, 5.41) is 8.11. The average Bonchev–Trinajstić information content (AvgIpc) is 3.11. The van der Waals surface area contributed by atoms with Crippen LogP contribution in [0.15, 0.2) is 48.8 Å². The van der Waals surface area contributed by atoms with E-state index in [0.717, 1.165) is 18.2 Å². The lowest BCUT2D eigenvalue weighted by Gasteiger charge is -2.13. The number of benzene rings is 1. The highest BCUT2D eigenvalue weighted by Gasteiger charge is 2.24. The Hall–Kier alpha value is -2.69. The van der Waals surface area contributed by atoms with Gasteiger partial charge in [-0.05, 0) is 36.1 Å². The van der Waals surface area contributed by atoms with Crippen LogP contribution in [0.25, 0.3) is 11.0 Å². The molecule has 104 valence electrons. The number of aromatic nitrogens is 3. The van der Waals surface area contributed by atoms with Crippen LogP contribution < -0.4 is 5.32 Å². The molecule has 0 saturated carbocycles. The molecule has 4 rings (SSSR count). The van der Waals surface area contributed by atoms with E-state index in [1.165, 1.54) is 15.8 Å². The molecule has 0 saturated heterocycles. The van der Waals surface area contributed by atoms with E-state index in [9.17, 15) is 4.79 Å². The minimum Gasteiger partial charge on any atom is -0.329 e. The van der Waals surface area contributed by atoms with Crippen LogP contribution in [0.5, 0.6) is 0 Å². The Labute approximate surface area is 121 Å². The van der Waals surface area contributed by atoms with Crippen molar-refractivity contribution in [2.75, 3.05) is 0 Å². The van der Waals surface area contributed by atoms with Crippen LogP contribution in [-0.4, -0.2) is 20.8 Å². The molecule has 0 spiro atoms. The second-order valence-corrected chi connectivity index (χ2v) is 5.23. The first kappa shape index (κ1) is 12.1. The fourth-order valence-electron chi connectivity index (χ4n) is 2.88. The fourth-order valence-corrected chi connectivity index (χ4v) is 2.88. The molecular formula is C16H14N4O. The maximum atomic E-state index is 12.3. The monoisotopic (exact) mass is 278 g/mol. The molecular weight excluding hydrogens is 264 g/mol. The van der Waals surface area contributed by atoms with E-state index in [1.54, 1.807) is 12.4 Å². The van der Waals surface area contributed by atoms with E-state index >= 15 is 0 Å². The Kier molecular flexibility index (Phi) is 2.70. The summed E-state index contributed by atoms with van der Waals surface area (Å²) < 4.78 is 1.33. The fraction of sp³-hybridized carbons (Fsp3) is 0.188. The van der Waals surface area contributed by atoms with Crippen LogP contribution in [0.3, 0.4) is 0 Å². The zero-order valence-electron chi connectivity index (χ0n) is 11.4. The van der Waals surface area contributed by atoms with Gasteiger partial charge in [0.05, 0.1) is 6.04 Å². The van der Waals surface area contributed by atoms with E-state index in [1.807, 2.05) is 24.3 Å². The van der Waals surface area contributed by atoms with Crippen LogP contribution in [0.4, 0.5) is 4.79 Å². The number of hydrogen-bond donors (Lipinski definition) is 1. The zero-order valence-corrected chi connectivity index (χ0v) is 11.4. The number of hydrogen-bond acceptors (Lipinski definition) is 3. The normalized spacial score (nSPS) is 16.9. The number of pyridine rings is 1. The second kappa shape index (κ2) is 4.70. The van der Waals surface area contributed by atoms with E-state index in [-0.39, 0.29) is 12.1 Å². The van der Waals surface area contributed by atoms with E-state index < -0.39 is 0 Å². The predicted octanol–water partition coefficient (Wildman–Crippen LogP) is 2.68. The van der Waals surface area contributed by atoms with Crippen molar-refractivity contribution in [1.82, 2.24) is 20.1 Å². The first-order valence-corrected chi connectivity index (χ1v) is 7.00. The third-order valence-corrected chi connectivity index (χ3v) is 3.92. The Morgan fingerprint density at radius 2 is 2.14 bits per heavy atom. The molecule has 1 aromatic carbocycles. The van der Waals surface area contributed by atoms with Gasteiger partial charge >= 0.3 is 6.03 Å². The molecule has 5 nitrogen and oxygen atoms in total. The van der Waals surface area contributed by atoms with Crippen molar-refractivity contribution < 1.29 is 4.79 Å². The SMILES string of the molecule is O=C(N[C@H]1CCc2ccccc21)n1cc2cccnc2n1. The summed E-state index contributed by atoms with van der Waals surface area (Å²) in [4.78, 5) is 16.5. The topological polar surface area (TPSA) is 59.8 Å². The van der Waals surface area contributed by atoms with Crippen molar-refractivity contribution in [3.8, 4) is 0 Å². The molecule has 1 aliphatic rings. The number of fused-ring (bicyclic) bond motifs is 2. The molecule has 1 aliphatic carbocycles. The molecule has 1 atom stereocenters. The minimum absolute atomic E-state index is 0.0639. The highest BCUT2D eigenvalue weighted by Crippen LogP contribution is 2.30. The molecule has 1 amide bonds. The Morgan fingerprint density at radius 3 is 3.05 bits per heavy atom. The molecule has 3 aromatic rings. The second-order valence-electron chi connectivity index (χ2n) is 5.23. The summed E-state index contributed by atoms with van der Waals surface area (Å²) >= 11 is 0. The largest absolute Gasteiger partial charge is 0.342 e. The van der Waals surface area contributed by atoms with Crippen molar-refractivity contribution >= 4 is 17.1 Å². The van der Waals surface area contributed by atoms with Crippen LogP contribution in [0, 0.1) is 0 Å². The van der Waals surface area contributed by atoms with Gasteiger partial charge < -0.3 is 5.32 Å². The van der Waals surface area contributed by atoms with Gasteiger partial charge in [0.1, 0.15) is 0 Å². The third-order valence-electron chi connectivity index (χ3n) is 3.92. The minimum atomic E-state index is -0.213. The molecule has 1 N–H and O–H groups in total. The molecule has 0 aliphatic heterocycles. The van der Waals surface area contributed by atoms with Gasteiger partial charge in [0, 0.05) is 17.8 Å². The predicted molar refractivity (Wildman–Crippen MR) is 79.0 cm³/mol. The van der Waals surface area contributed by atoms with Crippen LogP contribution in [-0.2, 0) is 6.42 Å². The summed E-state index contributed by atoms with van der Waals surface area (Å²) in [6.45, 7) is 0. The maximum Gasteiger partial charge on any atom is 0.342 e. The van der Waals surface area contributed by atoms with Gasteiger partial charge in [-0.15, -0.1) is 5.10 Å². The number of aryl methyl sites for hydroxylation is 1. The quantitative estimate of drug-likeness (QED) is 0.744. The Balaban J connectivity index is 1.59. The number of carbonyl (C=O) groups is 1. The molecule has 5 heteroatoms. The number of carbonyl (C=O) groups excluding carboxylic acids is 1. The lowest BCUT2D eigenvalue weighted by atomic mass is 10.1. The Bertz CT molecular complexity index is 791. The Morgan fingerprint density at radius 1 is 1.24 bits per heavy atom. The summed E-state index contributed by atoms with van der Waals surface area (Å²) in [5.41, 5.74) is 3.11. The van der Waals surface area contributed by atoms with E-state index in [2.05, 4.69) is 27.5 Å². The standard InChI is InChI=1S/C16H14N4O/c21-16(20-10-12-5-3-9-17-15(12)19-20)18-14-8-7-11-4-1-2-6-13(11)14/h1-6,9-10,14H,7-8H2,(H,18,21)/t14-/m0/s1. The molecule has 0 radical (unpaired) electrons. The average molecular weight is 278 g/mol. The molecule has 0 fully saturated rings. The highest BCUT2D eigenvalue weighted by atomic mass is 16.2. The van der Waals surface area contributed by atoms with Crippen LogP contribution in [0.2, 0.25) is 0 Å². The van der Waals surface area contributed by atoms with Crippen molar-refractivity contribution in [3.05, 3.63) is 59.9 Å². The van der Waals surface area contributed by atoms with Crippen molar-refractivity contribution in [1.29, 1.82) is 0 Å². The van der Waals surface area contributed by atoms with Crippen LogP contribution >= 0.6 is 0 Å². The maximum absolute atomic E-state index is 12.3. The molecule has 0 bridgehead atoms. The first-order valence-electron chi connectivity index (χ1n) is 7.00. The summed E-state index contributed by atoms with van der Waals surface area (Å²) in [6.07, 6.45) is 5.32. The van der Waals surface area contributed by atoms with Gasteiger partial charge in [-0.2, -0.15) is 4.68 Å². The van der Waals surface area contributed by atoms with Crippen LogP contribution in [0.1, 0.15) is 23.6 Å².